The number of hydrogen-bond donors (Lipinski definition) is 1. The molecule has 1 fully saturated rings. The van der Waals surface area contributed by atoms with E-state index in [9.17, 15) is 0 Å². The van der Waals surface area contributed by atoms with Gasteiger partial charge < -0.3 is 10.1 Å². The molecule has 18 heavy (non-hydrogen) atoms. The molecule has 0 bridgehead atoms. The van der Waals surface area contributed by atoms with Crippen molar-refractivity contribution in [3.63, 3.8) is 0 Å². The number of ether oxygens (including phenoxy) is 1. The van der Waals surface area contributed by atoms with Gasteiger partial charge in [-0.1, -0.05) is 34.6 Å². The Balaban J connectivity index is 2.60. The Kier molecular flexibility index (Phi) is 6.61. The first-order valence-electron chi connectivity index (χ1n) is 7.56. The van der Waals surface area contributed by atoms with Gasteiger partial charge in [0.05, 0.1) is 12.7 Å². The maximum atomic E-state index is 6.04. The number of nitrogens with zero attached hydrogens (tertiary/aromatic N) is 1. The quantitative estimate of drug-likeness (QED) is 0.790. The minimum absolute atomic E-state index is 0.245. The van der Waals surface area contributed by atoms with Gasteiger partial charge in [0.2, 0.25) is 0 Å². The van der Waals surface area contributed by atoms with Gasteiger partial charge in [-0.15, -0.1) is 0 Å². The molecule has 0 aromatic heterocycles. The Morgan fingerprint density at radius 3 is 2.56 bits per heavy atom. The lowest BCUT2D eigenvalue weighted by Gasteiger charge is -2.42. The molecule has 0 aromatic carbocycles. The molecule has 1 aliphatic rings. The Bertz CT molecular complexity index is 223. The van der Waals surface area contributed by atoms with Crippen molar-refractivity contribution in [2.45, 2.75) is 59.6 Å². The smallest absolute Gasteiger partial charge is 0.0860 e. The van der Waals surface area contributed by atoms with Crippen LogP contribution >= 0.6 is 0 Å². The van der Waals surface area contributed by atoms with Crippen LogP contribution in [0.1, 0.15) is 47.5 Å². The molecule has 2 atom stereocenters. The average Bonchev–Trinajstić information content (AvgIpc) is 2.29. The summed E-state index contributed by atoms with van der Waals surface area (Å²) in [6, 6.07) is 0.442. The van der Waals surface area contributed by atoms with E-state index in [4.69, 9.17) is 4.74 Å². The minimum Gasteiger partial charge on any atom is -0.374 e. The predicted octanol–water partition coefficient (Wildman–Crippen LogP) is 2.51. The third-order valence-electron chi connectivity index (χ3n) is 3.64. The second kappa shape index (κ2) is 7.46. The fourth-order valence-corrected chi connectivity index (χ4v) is 2.75. The summed E-state index contributed by atoms with van der Waals surface area (Å²) in [4.78, 5) is 2.54. The highest BCUT2D eigenvalue weighted by molar-refractivity contribution is 4.90. The number of nitrogens with one attached hydrogen (secondary N) is 1. The van der Waals surface area contributed by atoms with E-state index >= 15 is 0 Å². The lowest BCUT2D eigenvalue weighted by Crippen LogP contribution is -2.57. The first-order valence-corrected chi connectivity index (χ1v) is 7.56. The van der Waals surface area contributed by atoms with E-state index in [1.807, 2.05) is 0 Å². The van der Waals surface area contributed by atoms with Gasteiger partial charge in [-0.2, -0.15) is 0 Å². The lowest BCUT2D eigenvalue weighted by molar-refractivity contribution is -0.0651. The number of rotatable bonds is 6. The lowest BCUT2D eigenvalue weighted by atomic mass is 9.82. The Morgan fingerprint density at radius 2 is 2.00 bits per heavy atom. The van der Waals surface area contributed by atoms with Gasteiger partial charge >= 0.3 is 0 Å². The van der Waals surface area contributed by atoms with Crippen LogP contribution in [0.15, 0.2) is 0 Å². The van der Waals surface area contributed by atoms with Gasteiger partial charge in [-0.25, -0.2) is 0 Å². The highest BCUT2D eigenvalue weighted by atomic mass is 16.5. The Hall–Kier alpha value is -0.120. The molecule has 1 saturated heterocycles. The van der Waals surface area contributed by atoms with Gasteiger partial charge in [0, 0.05) is 19.1 Å². The van der Waals surface area contributed by atoms with Crippen LogP contribution in [-0.2, 0) is 4.74 Å². The summed E-state index contributed by atoms with van der Waals surface area (Å²) in [6.07, 6.45) is 2.74. The molecule has 1 heterocycles. The van der Waals surface area contributed by atoms with E-state index in [2.05, 4.69) is 44.8 Å². The molecule has 1 N–H and O–H groups in total. The van der Waals surface area contributed by atoms with E-state index in [-0.39, 0.29) is 5.41 Å². The van der Waals surface area contributed by atoms with E-state index in [1.54, 1.807) is 0 Å². The average molecular weight is 256 g/mol. The normalized spacial score (nSPS) is 24.2. The second-order valence-corrected chi connectivity index (χ2v) is 6.51. The van der Waals surface area contributed by atoms with Crippen molar-refractivity contribution < 1.29 is 4.74 Å². The van der Waals surface area contributed by atoms with Crippen LogP contribution in [0.25, 0.3) is 0 Å². The third kappa shape index (κ3) is 4.87. The monoisotopic (exact) mass is 256 g/mol. The summed E-state index contributed by atoms with van der Waals surface area (Å²) in [5.41, 5.74) is 0.245. The van der Waals surface area contributed by atoms with Crippen molar-refractivity contribution in [3.05, 3.63) is 0 Å². The molecule has 0 amide bonds. The standard InChI is InChI=1S/C15H32N2O/c1-6-8-16-14(15(3,4)5)13-12-17(9-7-2)10-11-18-13/h13-14,16H,6-12H2,1-5H3. The summed E-state index contributed by atoms with van der Waals surface area (Å²) in [5.74, 6) is 0. The van der Waals surface area contributed by atoms with E-state index in [0.29, 0.717) is 12.1 Å². The van der Waals surface area contributed by atoms with Gasteiger partial charge in [0.25, 0.3) is 0 Å². The molecule has 108 valence electrons. The van der Waals surface area contributed by atoms with Crippen molar-refractivity contribution in [2.75, 3.05) is 32.8 Å². The van der Waals surface area contributed by atoms with Crippen LogP contribution < -0.4 is 5.32 Å². The van der Waals surface area contributed by atoms with Crippen molar-refractivity contribution in [1.29, 1.82) is 0 Å². The van der Waals surface area contributed by atoms with Gasteiger partial charge in [-0.05, 0) is 31.3 Å². The van der Waals surface area contributed by atoms with E-state index in [0.717, 1.165) is 26.2 Å². The fraction of sp³-hybridized carbons (Fsp3) is 1.00. The highest BCUT2D eigenvalue weighted by Gasteiger charge is 2.35. The Labute approximate surface area is 113 Å². The molecule has 3 nitrogen and oxygen atoms in total. The summed E-state index contributed by atoms with van der Waals surface area (Å²) >= 11 is 0. The summed E-state index contributed by atoms with van der Waals surface area (Å²) in [6.45, 7) is 16.7. The second-order valence-electron chi connectivity index (χ2n) is 6.51. The Morgan fingerprint density at radius 1 is 1.28 bits per heavy atom. The predicted molar refractivity (Wildman–Crippen MR) is 78.0 cm³/mol. The largest absolute Gasteiger partial charge is 0.374 e. The number of morpholine rings is 1. The maximum absolute atomic E-state index is 6.04. The molecule has 0 aliphatic carbocycles. The van der Waals surface area contributed by atoms with Gasteiger partial charge in [-0.3, -0.25) is 4.90 Å². The summed E-state index contributed by atoms with van der Waals surface area (Å²) < 4.78 is 6.04. The fourth-order valence-electron chi connectivity index (χ4n) is 2.75. The SMILES string of the molecule is CCCNC(C1CN(CCC)CCO1)C(C)(C)C. The zero-order valence-corrected chi connectivity index (χ0v) is 13.0. The highest BCUT2D eigenvalue weighted by Crippen LogP contribution is 2.25. The first kappa shape index (κ1) is 15.9. The zero-order valence-electron chi connectivity index (χ0n) is 13.0. The molecular weight excluding hydrogens is 224 g/mol. The van der Waals surface area contributed by atoms with Crippen molar-refractivity contribution in [3.8, 4) is 0 Å². The van der Waals surface area contributed by atoms with Crippen molar-refractivity contribution >= 4 is 0 Å². The zero-order chi connectivity index (χ0) is 13.6. The summed E-state index contributed by atoms with van der Waals surface area (Å²) in [5, 5.41) is 3.69. The molecule has 0 spiro atoms. The minimum atomic E-state index is 0.245. The molecule has 3 heteroatoms. The molecule has 2 unspecified atom stereocenters. The molecule has 1 aliphatic heterocycles. The van der Waals surface area contributed by atoms with Crippen LogP contribution in [-0.4, -0.2) is 49.8 Å². The van der Waals surface area contributed by atoms with E-state index in [1.165, 1.54) is 19.4 Å². The van der Waals surface area contributed by atoms with Crippen LogP contribution in [0.4, 0.5) is 0 Å². The van der Waals surface area contributed by atoms with Crippen LogP contribution in [0.5, 0.6) is 0 Å². The molecule has 1 rings (SSSR count). The van der Waals surface area contributed by atoms with Crippen molar-refractivity contribution in [1.82, 2.24) is 10.2 Å². The van der Waals surface area contributed by atoms with Gasteiger partial charge in [0.15, 0.2) is 0 Å². The van der Waals surface area contributed by atoms with Crippen LogP contribution in [0.3, 0.4) is 0 Å². The number of hydrogen-bond acceptors (Lipinski definition) is 3. The summed E-state index contributed by atoms with van der Waals surface area (Å²) in [7, 11) is 0. The third-order valence-corrected chi connectivity index (χ3v) is 3.64. The van der Waals surface area contributed by atoms with Crippen molar-refractivity contribution in [2.24, 2.45) is 5.41 Å². The van der Waals surface area contributed by atoms with E-state index < -0.39 is 0 Å². The van der Waals surface area contributed by atoms with Crippen LogP contribution in [0.2, 0.25) is 0 Å². The maximum Gasteiger partial charge on any atom is 0.0860 e. The molecule has 0 aromatic rings. The molecule has 0 saturated carbocycles. The van der Waals surface area contributed by atoms with Gasteiger partial charge in [0.1, 0.15) is 0 Å². The molecule has 0 radical (unpaired) electrons. The van der Waals surface area contributed by atoms with Crippen LogP contribution in [0, 0.1) is 5.41 Å². The molecular formula is C15H32N2O. The first-order chi connectivity index (χ1) is 8.49. The topological polar surface area (TPSA) is 24.5 Å².